The molecular weight excluding hydrogens is 272 g/mol. The van der Waals surface area contributed by atoms with E-state index in [4.69, 9.17) is 9.26 Å². The van der Waals surface area contributed by atoms with Crippen LogP contribution in [-0.4, -0.2) is 58.8 Å². The Labute approximate surface area is 125 Å². The van der Waals surface area contributed by atoms with Crippen LogP contribution < -0.4 is 0 Å². The summed E-state index contributed by atoms with van der Waals surface area (Å²) in [6.07, 6.45) is 0. The number of nitrogens with zero attached hydrogens (tertiary/aromatic N) is 4. The number of hydrogen-bond acceptors (Lipinski definition) is 5. The molecular formula is C14H24N4O3. The average molecular weight is 296 g/mol. The molecule has 7 heteroatoms. The molecule has 0 saturated carbocycles. The maximum atomic E-state index is 12.6. The molecule has 1 aliphatic heterocycles. The Bertz CT molecular complexity index is 471. The lowest BCUT2D eigenvalue weighted by Crippen LogP contribution is -2.50. The van der Waals surface area contributed by atoms with Crippen LogP contribution in [-0.2, 0) is 4.74 Å². The highest BCUT2D eigenvalue weighted by Crippen LogP contribution is 2.24. The van der Waals surface area contributed by atoms with Crippen molar-refractivity contribution in [2.75, 3.05) is 32.8 Å². The van der Waals surface area contributed by atoms with Gasteiger partial charge in [-0.05, 0) is 13.8 Å². The average Bonchev–Trinajstić information content (AvgIpc) is 2.98. The first-order valence-electron chi connectivity index (χ1n) is 7.55. The van der Waals surface area contributed by atoms with E-state index in [-0.39, 0.29) is 18.0 Å². The molecule has 1 aliphatic rings. The second-order valence-electron chi connectivity index (χ2n) is 5.38. The Balaban J connectivity index is 2.20. The first-order chi connectivity index (χ1) is 10.1. The Hall–Kier alpha value is -1.63. The van der Waals surface area contributed by atoms with Gasteiger partial charge >= 0.3 is 6.03 Å². The second kappa shape index (κ2) is 6.89. The highest BCUT2D eigenvalue weighted by atomic mass is 16.5. The largest absolute Gasteiger partial charge is 0.377 e. The van der Waals surface area contributed by atoms with Gasteiger partial charge in [-0.25, -0.2) is 4.79 Å². The Kier molecular flexibility index (Phi) is 5.17. The van der Waals surface area contributed by atoms with Crippen LogP contribution in [0.25, 0.3) is 0 Å². The Morgan fingerprint density at radius 3 is 2.71 bits per heavy atom. The van der Waals surface area contributed by atoms with Crippen LogP contribution in [0.1, 0.15) is 51.4 Å². The van der Waals surface area contributed by atoms with E-state index in [1.54, 1.807) is 9.80 Å². The van der Waals surface area contributed by atoms with E-state index in [1.807, 2.05) is 27.7 Å². The van der Waals surface area contributed by atoms with Gasteiger partial charge in [-0.1, -0.05) is 19.0 Å². The van der Waals surface area contributed by atoms with Crippen LogP contribution >= 0.6 is 0 Å². The van der Waals surface area contributed by atoms with Crippen molar-refractivity contribution in [2.24, 2.45) is 0 Å². The van der Waals surface area contributed by atoms with E-state index in [0.29, 0.717) is 44.6 Å². The third-order valence-electron chi connectivity index (χ3n) is 3.66. The molecule has 2 amide bonds. The van der Waals surface area contributed by atoms with Gasteiger partial charge in [0.05, 0.1) is 13.2 Å². The van der Waals surface area contributed by atoms with E-state index in [1.165, 1.54) is 0 Å². The highest BCUT2D eigenvalue weighted by Gasteiger charge is 2.34. The highest BCUT2D eigenvalue weighted by molar-refractivity contribution is 5.75. The molecule has 0 spiro atoms. The minimum atomic E-state index is -0.275. The summed E-state index contributed by atoms with van der Waals surface area (Å²) in [5.41, 5.74) is 0. The number of amides is 2. The number of hydrogen-bond donors (Lipinski definition) is 0. The zero-order valence-corrected chi connectivity index (χ0v) is 13.2. The second-order valence-corrected chi connectivity index (χ2v) is 5.38. The first kappa shape index (κ1) is 15.8. The van der Waals surface area contributed by atoms with Crippen LogP contribution in [0.2, 0.25) is 0 Å². The molecule has 118 valence electrons. The molecule has 1 fully saturated rings. The SMILES string of the molecule is CCN(CC)C(=O)N1CCOC[C@H]1c1noc(C(C)C)n1. The number of urea groups is 1. The van der Waals surface area contributed by atoms with Gasteiger partial charge in [-0.15, -0.1) is 0 Å². The third kappa shape index (κ3) is 3.34. The summed E-state index contributed by atoms with van der Waals surface area (Å²) < 4.78 is 10.8. The molecule has 1 atom stereocenters. The lowest BCUT2D eigenvalue weighted by Gasteiger charge is -2.36. The number of morpholine rings is 1. The molecule has 2 rings (SSSR count). The summed E-state index contributed by atoms with van der Waals surface area (Å²) in [5, 5.41) is 4.03. The van der Waals surface area contributed by atoms with Crippen LogP contribution in [0.15, 0.2) is 4.52 Å². The normalized spacial score (nSPS) is 19.1. The molecule has 0 N–H and O–H groups in total. The zero-order valence-electron chi connectivity index (χ0n) is 13.2. The van der Waals surface area contributed by atoms with Crippen molar-refractivity contribution in [3.05, 3.63) is 11.7 Å². The van der Waals surface area contributed by atoms with Crippen molar-refractivity contribution in [3.8, 4) is 0 Å². The molecule has 2 heterocycles. The minimum absolute atomic E-state index is 0.00389. The molecule has 1 saturated heterocycles. The smallest absolute Gasteiger partial charge is 0.320 e. The van der Waals surface area contributed by atoms with E-state index in [9.17, 15) is 4.79 Å². The number of carbonyl (C=O) groups is 1. The quantitative estimate of drug-likeness (QED) is 0.850. The fourth-order valence-electron chi connectivity index (χ4n) is 2.34. The number of aromatic nitrogens is 2. The van der Waals surface area contributed by atoms with E-state index >= 15 is 0 Å². The standard InChI is InChI=1S/C14H24N4O3/c1-5-17(6-2)14(19)18-7-8-20-9-11(18)12-15-13(10(3)4)21-16-12/h10-11H,5-9H2,1-4H3/t11-/m0/s1. The van der Waals surface area contributed by atoms with Crippen LogP contribution in [0.5, 0.6) is 0 Å². The van der Waals surface area contributed by atoms with Crippen molar-refractivity contribution in [3.63, 3.8) is 0 Å². The summed E-state index contributed by atoms with van der Waals surface area (Å²) in [6.45, 7) is 10.8. The maximum absolute atomic E-state index is 12.6. The molecule has 0 radical (unpaired) electrons. The lowest BCUT2D eigenvalue weighted by atomic mass is 10.2. The summed E-state index contributed by atoms with van der Waals surface area (Å²) in [5.74, 6) is 1.28. The fraction of sp³-hybridized carbons (Fsp3) is 0.786. The predicted octanol–water partition coefficient (Wildman–Crippen LogP) is 2.03. The predicted molar refractivity (Wildman–Crippen MR) is 77.0 cm³/mol. The van der Waals surface area contributed by atoms with Gasteiger partial charge < -0.3 is 19.1 Å². The van der Waals surface area contributed by atoms with Crippen LogP contribution in [0, 0.1) is 0 Å². The van der Waals surface area contributed by atoms with Crippen molar-refractivity contribution in [1.29, 1.82) is 0 Å². The van der Waals surface area contributed by atoms with Gasteiger partial charge in [0.2, 0.25) is 5.89 Å². The molecule has 21 heavy (non-hydrogen) atoms. The van der Waals surface area contributed by atoms with Gasteiger partial charge in [0.1, 0.15) is 6.04 Å². The molecule has 7 nitrogen and oxygen atoms in total. The van der Waals surface area contributed by atoms with E-state index < -0.39 is 0 Å². The Morgan fingerprint density at radius 2 is 2.14 bits per heavy atom. The third-order valence-corrected chi connectivity index (χ3v) is 3.66. The lowest BCUT2D eigenvalue weighted by molar-refractivity contribution is 0.000146. The number of carbonyl (C=O) groups excluding carboxylic acids is 1. The molecule has 1 aromatic rings. The first-order valence-corrected chi connectivity index (χ1v) is 7.55. The van der Waals surface area contributed by atoms with E-state index in [2.05, 4.69) is 10.1 Å². The Morgan fingerprint density at radius 1 is 1.43 bits per heavy atom. The number of ether oxygens (including phenoxy) is 1. The molecule has 0 bridgehead atoms. The minimum Gasteiger partial charge on any atom is -0.377 e. The van der Waals surface area contributed by atoms with Crippen molar-refractivity contribution < 1.29 is 14.1 Å². The summed E-state index contributed by atoms with van der Waals surface area (Å²) >= 11 is 0. The van der Waals surface area contributed by atoms with Gasteiger partial charge in [0.25, 0.3) is 0 Å². The van der Waals surface area contributed by atoms with Crippen molar-refractivity contribution in [2.45, 2.75) is 39.7 Å². The molecule has 0 aromatic carbocycles. The van der Waals surface area contributed by atoms with Gasteiger partial charge in [-0.3, -0.25) is 0 Å². The summed E-state index contributed by atoms with van der Waals surface area (Å²) in [6, 6.07) is -0.271. The van der Waals surface area contributed by atoms with Crippen molar-refractivity contribution in [1.82, 2.24) is 19.9 Å². The van der Waals surface area contributed by atoms with Gasteiger partial charge in [0.15, 0.2) is 5.82 Å². The van der Waals surface area contributed by atoms with Crippen LogP contribution in [0.4, 0.5) is 4.79 Å². The summed E-state index contributed by atoms with van der Waals surface area (Å²) in [4.78, 5) is 20.6. The van der Waals surface area contributed by atoms with Crippen LogP contribution in [0.3, 0.4) is 0 Å². The molecule has 1 aromatic heterocycles. The van der Waals surface area contributed by atoms with E-state index in [0.717, 1.165) is 0 Å². The summed E-state index contributed by atoms with van der Waals surface area (Å²) in [7, 11) is 0. The monoisotopic (exact) mass is 296 g/mol. The molecule has 0 unspecified atom stereocenters. The van der Waals surface area contributed by atoms with Gasteiger partial charge in [-0.2, -0.15) is 4.98 Å². The van der Waals surface area contributed by atoms with Crippen molar-refractivity contribution >= 4 is 6.03 Å². The maximum Gasteiger partial charge on any atom is 0.320 e. The fourth-order valence-corrected chi connectivity index (χ4v) is 2.34. The van der Waals surface area contributed by atoms with Gasteiger partial charge in [0, 0.05) is 25.6 Å². The number of rotatable bonds is 4. The topological polar surface area (TPSA) is 71.7 Å². The zero-order chi connectivity index (χ0) is 15.4. The molecule has 0 aliphatic carbocycles.